The summed E-state index contributed by atoms with van der Waals surface area (Å²) in [6, 6.07) is 10.4. The fourth-order valence-electron chi connectivity index (χ4n) is 2.04. The minimum absolute atomic E-state index is 0.302. The lowest BCUT2D eigenvalue weighted by Crippen LogP contribution is -2.18. The first-order valence-electron chi connectivity index (χ1n) is 6.76. The van der Waals surface area contributed by atoms with E-state index in [0.717, 1.165) is 6.42 Å². The van der Waals surface area contributed by atoms with E-state index in [1.54, 1.807) is 0 Å². The van der Waals surface area contributed by atoms with E-state index in [1.807, 2.05) is 6.07 Å². The predicted octanol–water partition coefficient (Wildman–Crippen LogP) is 3.89. The maximum Gasteiger partial charge on any atom is 0.303 e. The molecule has 1 rings (SSSR count). The third-order valence-corrected chi connectivity index (χ3v) is 3.35. The van der Waals surface area contributed by atoms with Gasteiger partial charge in [0.05, 0.1) is 11.6 Å². The number of carbonyl (C=O) groups is 1. The van der Waals surface area contributed by atoms with Gasteiger partial charge in [-0.3, -0.25) is 4.79 Å². The van der Waals surface area contributed by atoms with Crippen molar-refractivity contribution in [2.45, 2.75) is 45.6 Å². The molecule has 0 radical (unpaired) electrons. The Labute approximate surface area is 120 Å². The SMILES string of the molecule is C=C(C#N)C(CCC(C)c1ccc(C)cc1)OC(C)=O. The lowest BCUT2D eigenvalue weighted by molar-refractivity contribution is -0.144. The van der Waals surface area contributed by atoms with Crippen molar-refractivity contribution in [1.29, 1.82) is 5.26 Å². The molecule has 0 heterocycles. The van der Waals surface area contributed by atoms with Gasteiger partial charge in [0.2, 0.25) is 0 Å². The highest BCUT2D eigenvalue weighted by molar-refractivity contribution is 5.66. The number of rotatable bonds is 6. The van der Waals surface area contributed by atoms with Gasteiger partial charge in [0.25, 0.3) is 0 Å². The average Bonchev–Trinajstić information content (AvgIpc) is 2.42. The predicted molar refractivity (Wildman–Crippen MR) is 79.1 cm³/mol. The standard InChI is InChI=1S/C17H21NO2/c1-12-5-8-16(9-6-12)13(2)7-10-17(14(3)11-18)20-15(4)19/h5-6,8-9,13,17H,3,7,10H2,1-2,4H3. The van der Waals surface area contributed by atoms with Gasteiger partial charge in [-0.15, -0.1) is 0 Å². The van der Waals surface area contributed by atoms with Crippen LogP contribution >= 0.6 is 0 Å². The summed E-state index contributed by atoms with van der Waals surface area (Å²) in [6.45, 7) is 9.19. The number of benzene rings is 1. The van der Waals surface area contributed by atoms with Crippen molar-refractivity contribution in [2.75, 3.05) is 0 Å². The molecule has 3 heteroatoms. The van der Waals surface area contributed by atoms with Crippen molar-refractivity contribution >= 4 is 5.97 Å². The van der Waals surface area contributed by atoms with E-state index in [0.29, 0.717) is 17.9 Å². The van der Waals surface area contributed by atoms with Crippen LogP contribution in [0.25, 0.3) is 0 Å². The maximum atomic E-state index is 11.1. The molecule has 0 bridgehead atoms. The lowest BCUT2D eigenvalue weighted by Gasteiger charge is -2.18. The molecule has 0 fully saturated rings. The molecule has 0 amide bonds. The van der Waals surface area contributed by atoms with E-state index in [9.17, 15) is 4.79 Å². The molecule has 0 saturated carbocycles. The molecular weight excluding hydrogens is 250 g/mol. The monoisotopic (exact) mass is 271 g/mol. The van der Waals surface area contributed by atoms with Gasteiger partial charge < -0.3 is 4.74 Å². The zero-order chi connectivity index (χ0) is 15.1. The quantitative estimate of drug-likeness (QED) is 0.582. The first-order chi connectivity index (χ1) is 9.43. The summed E-state index contributed by atoms with van der Waals surface area (Å²) in [5.41, 5.74) is 2.78. The molecule has 20 heavy (non-hydrogen) atoms. The number of nitrogens with zero attached hydrogens (tertiary/aromatic N) is 1. The molecule has 106 valence electrons. The molecular formula is C17H21NO2. The highest BCUT2D eigenvalue weighted by atomic mass is 16.5. The van der Waals surface area contributed by atoms with Gasteiger partial charge in [0.15, 0.2) is 0 Å². The van der Waals surface area contributed by atoms with Crippen molar-refractivity contribution in [3.05, 3.63) is 47.5 Å². The van der Waals surface area contributed by atoms with Crippen LogP contribution in [0.4, 0.5) is 0 Å². The highest BCUT2D eigenvalue weighted by Crippen LogP contribution is 2.24. The van der Waals surface area contributed by atoms with Crippen molar-refractivity contribution in [3.63, 3.8) is 0 Å². The van der Waals surface area contributed by atoms with Crippen LogP contribution in [0, 0.1) is 18.3 Å². The second-order valence-electron chi connectivity index (χ2n) is 5.12. The van der Waals surface area contributed by atoms with Crippen LogP contribution in [-0.2, 0) is 9.53 Å². The second-order valence-corrected chi connectivity index (χ2v) is 5.12. The van der Waals surface area contributed by atoms with Crippen LogP contribution in [0.3, 0.4) is 0 Å². The Morgan fingerprint density at radius 3 is 2.45 bits per heavy atom. The summed E-state index contributed by atoms with van der Waals surface area (Å²) in [6.07, 6.45) is 0.938. The molecule has 1 aromatic rings. The van der Waals surface area contributed by atoms with Crippen molar-refractivity contribution in [3.8, 4) is 6.07 Å². The minimum atomic E-state index is -0.509. The largest absolute Gasteiger partial charge is 0.457 e. The van der Waals surface area contributed by atoms with Gasteiger partial charge in [0, 0.05) is 6.92 Å². The van der Waals surface area contributed by atoms with Crippen molar-refractivity contribution in [1.82, 2.24) is 0 Å². The fourth-order valence-corrected chi connectivity index (χ4v) is 2.04. The first-order valence-corrected chi connectivity index (χ1v) is 6.76. The van der Waals surface area contributed by atoms with Crippen LogP contribution in [0.5, 0.6) is 0 Å². The number of nitriles is 1. The Balaban J connectivity index is 2.62. The Morgan fingerprint density at radius 1 is 1.35 bits per heavy atom. The van der Waals surface area contributed by atoms with Crippen LogP contribution in [-0.4, -0.2) is 12.1 Å². The second kappa shape index (κ2) is 7.49. The van der Waals surface area contributed by atoms with Gasteiger partial charge >= 0.3 is 5.97 Å². The summed E-state index contributed by atoms with van der Waals surface area (Å²) < 4.78 is 5.15. The normalized spacial score (nSPS) is 13.1. The van der Waals surface area contributed by atoms with Gasteiger partial charge in [0.1, 0.15) is 6.10 Å². The van der Waals surface area contributed by atoms with Gasteiger partial charge in [-0.2, -0.15) is 5.26 Å². The smallest absolute Gasteiger partial charge is 0.303 e. The maximum absolute atomic E-state index is 11.1. The van der Waals surface area contributed by atoms with Crippen molar-refractivity contribution in [2.24, 2.45) is 0 Å². The van der Waals surface area contributed by atoms with E-state index in [1.165, 1.54) is 18.1 Å². The Hall–Kier alpha value is -2.08. The molecule has 0 aromatic heterocycles. The van der Waals surface area contributed by atoms with Gasteiger partial charge in [-0.1, -0.05) is 43.3 Å². The van der Waals surface area contributed by atoms with Gasteiger partial charge in [-0.05, 0) is 31.2 Å². The van der Waals surface area contributed by atoms with E-state index in [-0.39, 0.29) is 5.97 Å². The Kier molecular flexibility index (Phi) is 5.99. The summed E-state index contributed by atoms with van der Waals surface area (Å²) in [5.74, 6) is -0.0328. The number of carbonyl (C=O) groups excluding carboxylic acids is 1. The van der Waals surface area contributed by atoms with Crippen LogP contribution < -0.4 is 0 Å². The molecule has 1 aromatic carbocycles. The third-order valence-electron chi connectivity index (χ3n) is 3.35. The van der Waals surface area contributed by atoms with Crippen LogP contribution in [0.15, 0.2) is 36.4 Å². The molecule has 0 aliphatic heterocycles. The highest BCUT2D eigenvalue weighted by Gasteiger charge is 2.17. The van der Waals surface area contributed by atoms with Crippen LogP contribution in [0.1, 0.15) is 43.7 Å². The minimum Gasteiger partial charge on any atom is -0.457 e. The molecule has 0 aliphatic rings. The number of esters is 1. The first kappa shape index (κ1) is 16.0. The van der Waals surface area contributed by atoms with E-state index in [2.05, 4.69) is 44.7 Å². The fraction of sp³-hybridized carbons (Fsp3) is 0.412. The van der Waals surface area contributed by atoms with E-state index >= 15 is 0 Å². The number of hydrogen-bond donors (Lipinski definition) is 0. The zero-order valence-electron chi connectivity index (χ0n) is 12.3. The summed E-state index contributed by atoms with van der Waals surface area (Å²) in [4.78, 5) is 11.1. The molecule has 2 atom stereocenters. The molecule has 0 saturated heterocycles. The summed E-state index contributed by atoms with van der Waals surface area (Å²) in [7, 11) is 0. The van der Waals surface area contributed by atoms with Crippen LogP contribution in [0.2, 0.25) is 0 Å². The molecule has 3 nitrogen and oxygen atoms in total. The number of ether oxygens (including phenoxy) is 1. The van der Waals surface area contributed by atoms with Gasteiger partial charge in [-0.25, -0.2) is 0 Å². The Morgan fingerprint density at radius 2 is 1.95 bits per heavy atom. The average molecular weight is 271 g/mol. The molecule has 0 N–H and O–H groups in total. The third kappa shape index (κ3) is 4.89. The molecule has 2 unspecified atom stereocenters. The number of hydrogen-bond acceptors (Lipinski definition) is 3. The lowest BCUT2D eigenvalue weighted by atomic mass is 9.93. The molecule has 0 spiro atoms. The van der Waals surface area contributed by atoms with E-state index < -0.39 is 6.10 Å². The number of aryl methyl sites for hydroxylation is 1. The van der Waals surface area contributed by atoms with Crippen molar-refractivity contribution < 1.29 is 9.53 Å². The summed E-state index contributed by atoms with van der Waals surface area (Å²) >= 11 is 0. The molecule has 0 aliphatic carbocycles. The van der Waals surface area contributed by atoms with E-state index in [4.69, 9.17) is 10.00 Å². The zero-order valence-corrected chi connectivity index (χ0v) is 12.3. The summed E-state index contributed by atoms with van der Waals surface area (Å²) in [5, 5.41) is 8.89. The Bertz CT molecular complexity index is 511. The topological polar surface area (TPSA) is 50.1 Å².